The van der Waals surface area contributed by atoms with Gasteiger partial charge in [-0.25, -0.2) is 0 Å². The first kappa shape index (κ1) is 17.3. The number of benzene rings is 1. The van der Waals surface area contributed by atoms with Gasteiger partial charge in [-0.1, -0.05) is 39.7 Å². The highest BCUT2D eigenvalue weighted by Crippen LogP contribution is 2.35. The first-order valence-electron chi connectivity index (χ1n) is 8.88. The first-order valence-corrected chi connectivity index (χ1v) is 8.88. The van der Waals surface area contributed by atoms with Gasteiger partial charge in [0.05, 0.1) is 6.04 Å². The number of aliphatic hydroxyl groups excluding tert-OH is 1. The van der Waals surface area contributed by atoms with Crippen LogP contribution in [0.3, 0.4) is 0 Å². The van der Waals surface area contributed by atoms with Gasteiger partial charge in [0.15, 0.2) is 0 Å². The third-order valence-electron chi connectivity index (χ3n) is 4.64. The van der Waals surface area contributed by atoms with Crippen molar-refractivity contribution in [3.8, 4) is 5.75 Å². The van der Waals surface area contributed by atoms with E-state index in [0.29, 0.717) is 6.61 Å². The highest BCUT2D eigenvalue weighted by molar-refractivity contribution is 5.41. The molecule has 0 radical (unpaired) electrons. The molecule has 0 bridgehead atoms. The number of fused-ring (bicyclic) bond motifs is 1. The van der Waals surface area contributed by atoms with Crippen molar-refractivity contribution in [2.75, 3.05) is 19.7 Å². The van der Waals surface area contributed by atoms with Gasteiger partial charge in [0.25, 0.3) is 0 Å². The SMILES string of the molecule is CCCCN(CCCC)C1COc2ccc(CC)cc2C1O. The lowest BCUT2D eigenvalue weighted by Gasteiger charge is -2.38. The summed E-state index contributed by atoms with van der Waals surface area (Å²) in [6.45, 7) is 9.26. The van der Waals surface area contributed by atoms with E-state index in [0.717, 1.165) is 30.8 Å². The van der Waals surface area contributed by atoms with Crippen molar-refractivity contribution in [2.24, 2.45) is 0 Å². The second-order valence-electron chi connectivity index (χ2n) is 6.29. The molecular weight excluding hydrogens is 274 g/mol. The lowest BCUT2D eigenvalue weighted by atomic mass is 9.95. The summed E-state index contributed by atoms with van der Waals surface area (Å²) in [7, 11) is 0. The fraction of sp³-hybridized carbons (Fsp3) is 0.684. The molecule has 2 rings (SSSR count). The van der Waals surface area contributed by atoms with Crippen molar-refractivity contribution in [2.45, 2.75) is 65.0 Å². The molecule has 124 valence electrons. The molecule has 0 spiro atoms. The maximum atomic E-state index is 10.9. The van der Waals surface area contributed by atoms with Gasteiger partial charge in [0, 0.05) is 5.56 Å². The van der Waals surface area contributed by atoms with E-state index >= 15 is 0 Å². The van der Waals surface area contributed by atoms with Crippen molar-refractivity contribution < 1.29 is 9.84 Å². The summed E-state index contributed by atoms with van der Waals surface area (Å²) in [5.74, 6) is 0.854. The number of hydrogen-bond acceptors (Lipinski definition) is 3. The number of aliphatic hydroxyl groups is 1. The third kappa shape index (κ3) is 4.02. The van der Waals surface area contributed by atoms with Crippen LogP contribution in [-0.4, -0.2) is 35.7 Å². The van der Waals surface area contributed by atoms with Crippen LogP contribution in [-0.2, 0) is 6.42 Å². The minimum atomic E-state index is -0.441. The number of ether oxygens (including phenoxy) is 1. The average molecular weight is 305 g/mol. The molecular formula is C19H31NO2. The predicted octanol–water partition coefficient (Wildman–Crippen LogP) is 3.95. The lowest BCUT2D eigenvalue weighted by Crippen LogP contribution is -2.46. The zero-order valence-electron chi connectivity index (χ0n) is 14.3. The fourth-order valence-corrected chi connectivity index (χ4v) is 3.12. The zero-order chi connectivity index (χ0) is 15.9. The normalized spacial score (nSPS) is 20.8. The van der Waals surface area contributed by atoms with Crippen molar-refractivity contribution in [3.05, 3.63) is 29.3 Å². The summed E-state index contributed by atoms with van der Waals surface area (Å²) in [6, 6.07) is 6.30. The molecule has 0 aromatic heterocycles. The molecule has 1 aliphatic rings. The van der Waals surface area contributed by atoms with Gasteiger partial charge in [0.1, 0.15) is 18.5 Å². The Hall–Kier alpha value is -1.06. The van der Waals surface area contributed by atoms with E-state index in [-0.39, 0.29) is 6.04 Å². The van der Waals surface area contributed by atoms with Crippen LogP contribution in [0.25, 0.3) is 0 Å². The molecule has 1 N–H and O–H groups in total. The Kier molecular flexibility index (Phi) is 6.71. The number of rotatable bonds is 8. The summed E-state index contributed by atoms with van der Waals surface area (Å²) in [5.41, 5.74) is 2.23. The highest BCUT2D eigenvalue weighted by atomic mass is 16.5. The standard InChI is InChI=1S/C19H31NO2/c1-4-7-11-20(12-8-5-2)17-14-22-18-10-9-15(6-3)13-16(18)19(17)21/h9-10,13,17,19,21H,4-8,11-12,14H2,1-3H3. The molecule has 2 atom stereocenters. The molecule has 1 aromatic carbocycles. The quantitative estimate of drug-likeness (QED) is 0.789. The van der Waals surface area contributed by atoms with Gasteiger partial charge in [-0.2, -0.15) is 0 Å². The van der Waals surface area contributed by atoms with Crippen LogP contribution < -0.4 is 4.74 Å². The van der Waals surface area contributed by atoms with E-state index < -0.39 is 6.10 Å². The Labute approximate surface area is 135 Å². The maximum Gasteiger partial charge on any atom is 0.125 e. The Morgan fingerprint density at radius 2 is 1.82 bits per heavy atom. The molecule has 2 unspecified atom stereocenters. The Morgan fingerprint density at radius 3 is 2.41 bits per heavy atom. The number of hydrogen-bond donors (Lipinski definition) is 1. The van der Waals surface area contributed by atoms with Gasteiger partial charge < -0.3 is 9.84 Å². The summed E-state index contributed by atoms with van der Waals surface area (Å²) in [4.78, 5) is 2.43. The van der Waals surface area contributed by atoms with Gasteiger partial charge in [0.2, 0.25) is 0 Å². The summed E-state index contributed by atoms with van der Waals surface area (Å²) >= 11 is 0. The van der Waals surface area contributed by atoms with E-state index in [4.69, 9.17) is 4.74 Å². The molecule has 0 amide bonds. The molecule has 1 aromatic rings. The van der Waals surface area contributed by atoms with Crippen LogP contribution >= 0.6 is 0 Å². The van der Waals surface area contributed by atoms with E-state index in [9.17, 15) is 5.11 Å². The smallest absolute Gasteiger partial charge is 0.125 e. The molecule has 0 fully saturated rings. The zero-order valence-corrected chi connectivity index (χ0v) is 14.3. The van der Waals surface area contributed by atoms with Crippen LogP contribution in [0.4, 0.5) is 0 Å². The summed E-state index contributed by atoms with van der Waals surface area (Å²) < 4.78 is 5.95. The van der Waals surface area contributed by atoms with Crippen LogP contribution in [0.2, 0.25) is 0 Å². The molecule has 0 aliphatic carbocycles. The van der Waals surface area contributed by atoms with E-state index in [1.807, 2.05) is 6.07 Å². The van der Waals surface area contributed by atoms with Crippen molar-refractivity contribution >= 4 is 0 Å². The Bertz CT molecular complexity index is 453. The molecule has 1 aliphatic heterocycles. The first-order chi connectivity index (χ1) is 10.7. The topological polar surface area (TPSA) is 32.7 Å². The minimum absolute atomic E-state index is 0.0812. The second kappa shape index (κ2) is 8.54. The molecule has 3 heteroatoms. The van der Waals surface area contributed by atoms with Crippen LogP contribution in [0.1, 0.15) is 63.7 Å². The molecule has 3 nitrogen and oxygen atoms in total. The summed E-state index contributed by atoms with van der Waals surface area (Å²) in [6.07, 6.45) is 5.26. The molecule has 1 heterocycles. The van der Waals surface area contributed by atoms with E-state index in [1.54, 1.807) is 0 Å². The van der Waals surface area contributed by atoms with Gasteiger partial charge >= 0.3 is 0 Å². The maximum absolute atomic E-state index is 10.9. The van der Waals surface area contributed by atoms with E-state index in [2.05, 4.69) is 37.8 Å². The van der Waals surface area contributed by atoms with Crippen molar-refractivity contribution in [3.63, 3.8) is 0 Å². The van der Waals surface area contributed by atoms with E-state index in [1.165, 1.54) is 31.2 Å². The Morgan fingerprint density at radius 1 is 1.14 bits per heavy atom. The fourth-order valence-electron chi connectivity index (χ4n) is 3.12. The minimum Gasteiger partial charge on any atom is -0.491 e. The highest BCUT2D eigenvalue weighted by Gasteiger charge is 2.33. The molecule has 22 heavy (non-hydrogen) atoms. The number of aryl methyl sites for hydroxylation is 1. The van der Waals surface area contributed by atoms with Crippen molar-refractivity contribution in [1.82, 2.24) is 4.90 Å². The lowest BCUT2D eigenvalue weighted by molar-refractivity contribution is 0.00209. The largest absolute Gasteiger partial charge is 0.491 e. The van der Waals surface area contributed by atoms with Gasteiger partial charge in [-0.15, -0.1) is 0 Å². The third-order valence-corrected chi connectivity index (χ3v) is 4.64. The monoisotopic (exact) mass is 305 g/mol. The van der Waals surface area contributed by atoms with Crippen LogP contribution in [0.5, 0.6) is 5.75 Å². The Balaban J connectivity index is 2.16. The average Bonchev–Trinajstić information content (AvgIpc) is 2.56. The van der Waals surface area contributed by atoms with Crippen LogP contribution in [0, 0.1) is 0 Å². The summed E-state index contributed by atoms with van der Waals surface area (Å²) in [5, 5.41) is 10.9. The predicted molar refractivity (Wildman–Crippen MR) is 91.5 cm³/mol. The van der Waals surface area contributed by atoms with Crippen molar-refractivity contribution in [1.29, 1.82) is 0 Å². The van der Waals surface area contributed by atoms with Gasteiger partial charge in [-0.05, 0) is 50.0 Å². The number of nitrogens with zero attached hydrogens (tertiary/aromatic N) is 1. The number of unbranched alkanes of at least 4 members (excludes halogenated alkanes) is 2. The molecule has 0 saturated carbocycles. The molecule has 0 saturated heterocycles. The van der Waals surface area contributed by atoms with Gasteiger partial charge in [-0.3, -0.25) is 4.90 Å². The second-order valence-corrected chi connectivity index (χ2v) is 6.29. The van der Waals surface area contributed by atoms with Crippen LogP contribution in [0.15, 0.2) is 18.2 Å².